The number of hydrogen-bond acceptors (Lipinski definition) is 5. The van der Waals surface area contributed by atoms with Gasteiger partial charge < -0.3 is 20.0 Å². The summed E-state index contributed by atoms with van der Waals surface area (Å²) in [6.45, 7) is 9.91. The number of likely N-dealkylation sites (tertiary alicyclic amines) is 1. The number of carboxylic acid groups (broad SMARTS) is 1. The SMILES string of the molecule is C=CCN(C(=O)C1N(CCO)C(=O)[C@@H]2[C@H](C(=O)O)[C@]3(C)CCC12S3)C(C)CCC. The third-order valence-corrected chi connectivity index (χ3v) is 8.95. The quantitative estimate of drug-likeness (QED) is 0.547. The molecule has 0 aromatic carbocycles. The fourth-order valence-electron chi connectivity index (χ4n) is 5.79. The molecule has 2 N–H and O–H groups in total. The van der Waals surface area contributed by atoms with Gasteiger partial charge in [-0.25, -0.2) is 0 Å². The highest BCUT2D eigenvalue weighted by Crippen LogP contribution is 2.71. The van der Waals surface area contributed by atoms with Crippen LogP contribution >= 0.6 is 11.8 Å². The van der Waals surface area contributed by atoms with Crippen molar-refractivity contribution in [1.82, 2.24) is 9.80 Å². The van der Waals surface area contributed by atoms with E-state index in [2.05, 4.69) is 13.5 Å². The third kappa shape index (κ3) is 3.19. The average Bonchev–Trinajstić information content (AvgIpc) is 3.21. The van der Waals surface area contributed by atoms with Gasteiger partial charge in [-0.3, -0.25) is 14.4 Å². The number of thioether (sulfide) groups is 1. The number of carboxylic acids is 1. The Hall–Kier alpha value is -1.54. The van der Waals surface area contributed by atoms with E-state index in [-0.39, 0.29) is 31.0 Å². The number of fused-ring (bicyclic) bond motifs is 1. The summed E-state index contributed by atoms with van der Waals surface area (Å²) in [6, 6.07) is -0.760. The number of carbonyl (C=O) groups is 3. The van der Waals surface area contributed by atoms with E-state index < -0.39 is 33.3 Å². The van der Waals surface area contributed by atoms with Gasteiger partial charge in [0, 0.05) is 23.9 Å². The second-order valence-corrected chi connectivity index (χ2v) is 10.6. The lowest BCUT2D eigenvalue weighted by Crippen LogP contribution is -2.56. The summed E-state index contributed by atoms with van der Waals surface area (Å²) in [5, 5.41) is 19.5. The van der Waals surface area contributed by atoms with Gasteiger partial charge in [0.25, 0.3) is 0 Å². The first-order valence-electron chi connectivity index (χ1n) is 10.4. The average molecular weight is 425 g/mol. The van der Waals surface area contributed by atoms with E-state index in [1.807, 2.05) is 13.8 Å². The van der Waals surface area contributed by atoms with Gasteiger partial charge in [-0.2, -0.15) is 0 Å². The monoisotopic (exact) mass is 424 g/mol. The van der Waals surface area contributed by atoms with E-state index in [4.69, 9.17) is 0 Å². The number of amides is 2. The molecular formula is C21H32N2O5S. The van der Waals surface area contributed by atoms with E-state index in [0.29, 0.717) is 19.4 Å². The zero-order valence-corrected chi connectivity index (χ0v) is 18.3. The second-order valence-electron chi connectivity index (χ2n) is 8.74. The van der Waals surface area contributed by atoms with Gasteiger partial charge in [-0.05, 0) is 33.1 Å². The molecule has 3 aliphatic heterocycles. The van der Waals surface area contributed by atoms with Gasteiger partial charge in [0.1, 0.15) is 6.04 Å². The lowest BCUT2D eigenvalue weighted by molar-refractivity contribution is -0.150. The van der Waals surface area contributed by atoms with Crippen molar-refractivity contribution in [3.05, 3.63) is 12.7 Å². The van der Waals surface area contributed by atoms with Crippen molar-refractivity contribution in [3.8, 4) is 0 Å². The molecule has 6 atom stereocenters. The Balaban J connectivity index is 2.06. The predicted octanol–water partition coefficient (Wildman–Crippen LogP) is 1.75. The summed E-state index contributed by atoms with van der Waals surface area (Å²) in [6.07, 6.45) is 4.75. The van der Waals surface area contributed by atoms with Crippen molar-refractivity contribution in [2.45, 2.75) is 68.0 Å². The van der Waals surface area contributed by atoms with E-state index in [9.17, 15) is 24.6 Å². The Kier molecular flexibility index (Phi) is 6.07. The number of aliphatic hydroxyl groups excluding tert-OH is 1. The molecule has 3 unspecified atom stereocenters. The highest BCUT2D eigenvalue weighted by molar-refractivity contribution is 8.02. The molecule has 0 aromatic rings. The number of aliphatic hydroxyl groups is 1. The number of nitrogens with zero attached hydrogens (tertiary/aromatic N) is 2. The summed E-state index contributed by atoms with van der Waals surface area (Å²) in [7, 11) is 0. The molecule has 3 fully saturated rings. The summed E-state index contributed by atoms with van der Waals surface area (Å²) in [4.78, 5) is 42.5. The lowest BCUT2D eigenvalue weighted by Gasteiger charge is -2.39. The number of carbonyl (C=O) groups excluding carboxylic acids is 2. The smallest absolute Gasteiger partial charge is 0.308 e. The normalized spacial score (nSPS) is 36.2. The molecule has 0 radical (unpaired) electrons. The van der Waals surface area contributed by atoms with Gasteiger partial charge in [-0.15, -0.1) is 18.3 Å². The van der Waals surface area contributed by atoms with Crippen LogP contribution in [0.2, 0.25) is 0 Å². The van der Waals surface area contributed by atoms with Gasteiger partial charge in [-0.1, -0.05) is 19.4 Å². The van der Waals surface area contributed by atoms with Crippen molar-refractivity contribution >= 4 is 29.5 Å². The highest BCUT2D eigenvalue weighted by Gasteiger charge is 2.77. The van der Waals surface area contributed by atoms with Crippen LogP contribution in [0.5, 0.6) is 0 Å². The molecule has 162 valence electrons. The maximum Gasteiger partial charge on any atom is 0.308 e. The third-order valence-electron chi connectivity index (χ3n) is 6.96. The van der Waals surface area contributed by atoms with Gasteiger partial charge in [0.05, 0.1) is 23.2 Å². The van der Waals surface area contributed by atoms with Crippen LogP contribution in [-0.4, -0.2) is 79.1 Å². The van der Waals surface area contributed by atoms with E-state index in [1.54, 1.807) is 11.0 Å². The zero-order chi connectivity index (χ0) is 21.6. The van der Waals surface area contributed by atoms with Crippen LogP contribution in [0, 0.1) is 11.8 Å². The molecule has 2 amide bonds. The van der Waals surface area contributed by atoms with Crippen molar-refractivity contribution in [1.29, 1.82) is 0 Å². The Morgan fingerprint density at radius 2 is 2.14 bits per heavy atom. The van der Waals surface area contributed by atoms with Crippen LogP contribution in [-0.2, 0) is 14.4 Å². The fourth-order valence-corrected chi connectivity index (χ4v) is 8.13. The maximum absolute atomic E-state index is 13.8. The van der Waals surface area contributed by atoms with Crippen LogP contribution < -0.4 is 0 Å². The minimum absolute atomic E-state index is 0.0125. The largest absolute Gasteiger partial charge is 0.481 e. The standard InChI is InChI=1S/C21H32N2O5S/c1-5-7-13(3)22(10-6-2)18(26)16-21-9-8-20(4,29-21)15(19(27)28)14(21)17(25)23(16)11-12-24/h6,13-16,24H,2,5,7-12H2,1,3-4H3,(H,27,28)/t13?,14-,15+,16?,20-,21?/m0/s1. The van der Waals surface area contributed by atoms with Gasteiger partial charge in [0.2, 0.25) is 11.8 Å². The molecule has 2 bridgehead atoms. The molecule has 0 saturated carbocycles. The van der Waals surface area contributed by atoms with Crippen molar-refractivity contribution in [3.63, 3.8) is 0 Å². The zero-order valence-electron chi connectivity index (χ0n) is 17.5. The van der Waals surface area contributed by atoms with Gasteiger partial charge in [0.15, 0.2) is 0 Å². The number of β-amino-alcohol motifs (C(OH)–C–C–N with tert-alkyl or cyclic N) is 1. The van der Waals surface area contributed by atoms with Crippen LogP contribution in [0.15, 0.2) is 12.7 Å². The predicted molar refractivity (Wildman–Crippen MR) is 111 cm³/mol. The first kappa shape index (κ1) is 22.2. The van der Waals surface area contributed by atoms with E-state index in [1.165, 1.54) is 16.7 Å². The molecule has 0 aromatic heterocycles. The second kappa shape index (κ2) is 7.95. The summed E-state index contributed by atoms with van der Waals surface area (Å²) in [5.74, 6) is -2.97. The van der Waals surface area contributed by atoms with Crippen molar-refractivity contribution < 1.29 is 24.6 Å². The Morgan fingerprint density at radius 1 is 1.45 bits per heavy atom. The first-order valence-corrected chi connectivity index (χ1v) is 11.3. The topological polar surface area (TPSA) is 98.2 Å². The Morgan fingerprint density at radius 3 is 2.69 bits per heavy atom. The molecule has 0 aliphatic carbocycles. The van der Waals surface area contributed by atoms with Crippen LogP contribution in [0.3, 0.4) is 0 Å². The van der Waals surface area contributed by atoms with Crippen LogP contribution in [0.25, 0.3) is 0 Å². The molecule has 3 heterocycles. The molecule has 1 spiro atoms. The minimum atomic E-state index is -0.973. The fraction of sp³-hybridized carbons (Fsp3) is 0.762. The summed E-state index contributed by atoms with van der Waals surface area (Å²) >= 11 is 1.52. The number of hydrogen-bond donors (Lipinski definition) is 2. The molecule has 3 saturated heterocycles. The van der Waals surface area contributed by atoms with E-state index in [0.717, 1.165) is 12.8 Å². The minimum Gasteiger partial charge on any atom is -0.481 e. The molecule has 29 heavy (non-hydrogen) atoms. The van der Waals surface area contributed by atoms with Crippen molar-refractivity contribution in [2.75, 3.05) is 19.7 Å². The number of rotatable bonds is 9. The lowest BCUT2D eigenvalue weighted by atomic mass is 9.66. The highest BCUT2D eigenvalue weighted by atomic mass is 32.2. The van der Waals surface area contributed by atoms with Crippen LogP contribution in [0.1, 0.15) is 46.5 Å². The molecule has 3 rings (SSSR count). The Bertz CT molecular complexity index is 715. The summed E-state index contributed by atoms with van der Waals surface area (Å²) in [5.41, 5.74) is 0. The maximum atomic E-state index is 13.8. The van der Waals surface area contributed by atoms with Crippen LogP contribution in [0.4, 0.5) is 0 Å². The molecular weight excluding hydrogens is 392 g/mol. The Labute approximate surface area is 176 Å². The molecule has 8 heteroatoms. The summed E-state index contributed by atoms with van der Waals surface area (Å²) < 4.78 is -1.29. The number of aliphatic carboxylic acids is 1. The van der Waals surface area contributed by atoms with Crippen molar-refractivity contribution in [2.24, 2.45) is 11.8 Å². The van der Waals surface area contributed by atoms with E-state index >= 15 is 0 Å². The molecule has 3 aliphatic rings. The molecule has 7 nitrogen and oxygen atoms in total. The van der Waals surface area contributed by atoms with Gasteiger partial charge >= 0.3 is 5.97 Å². The first-order chi connectivity index (χ1) is 13.7.